The molecule has 0 radical (unpaired) electrons. The van der Waals surface area contributed by atoms with Crippen LogP contribution in [0, 0.1) is 0 Å². The van der Waals surface area contributed by atoms with Gasteiger partial charge in [-0.3, -0.25) is 4.79 Å². The molecule has 0 saturated heterocycles. The highest BCUT2D eigenvalue weighted by Gasteiger charge is 2.17. The van der Waals surface area contributed by atoms with Crippen molar-refractivity contribution in [1.29, 1.82) is 0 Å². The van der Waals surface area contributed by atoms with E-state index in [1.165, 1.54) is 5.32 Å². The number of amides is 1. The monoisotopic (exact) mass is 362 g/mol. The molecule has 0 fully saturated rings. The fourth-order valence-corrected chi connectivity index (χ4v) is 2.15. The third-order valence-electron chi connectivity index (χ3n) is 3.11. The summed E-state index contributed by atoms with van der Waals surface area (Å²) in [4.78, 5) is 23.1. The van der Waals surface area contributed by atoms with Gasteiger partial charge in [0.05, 0.1) is 18.9 Å². The molecule has 25 heavy (non-hydrogen) atoms. The molecule has 0 saturated carbocycles. The Labute approximate surface area is 152 Å². The highest BCUT2D eigenvalue weighted by atomic mass is 32.1. The lowest BCUT2D eigenvalue weighted by Gasteiger charge is -2.16. The van der Waals surface area contributed by atoms with Crippen molar-refractivity contribution in [3.05, 3.63) is 49.6 Å². The first-order valence-electron chi connectivity index (χ1n) is 7.67. The number of rotatable bonds is 10. The highest BCUT2D eigenvalue weighted by Crippen LogP contribution is 2.15. The number of aliphatic carboxylic acids is 1. The minimum atomic E-state index is -1.29. The molecule has 0 spiro atoms. The molecule has 5 N–H and O–H groups in total. The predicted molar refractivity (Wildman–Crippen MR) is 99.9 cm³/mol. The first-order chi connectivity index (χ1) is 12.0. The summed E-state index contributed by atoms with van der Waals surface area (Å²) < 4.78 is 0. The van der Waals surface area contributed by atoms with Gasteiger partial charge in [-0.25, -0.2) is 0 Å². The van der Waals surface area contributed by atoms with Gasteiger partial charge in [-0.05, 0) is 36.5 Å². The SMILES string of the molecule is C=CCNC(=S)Nc1cccc(NC(=O)C[C@H]([NH2+]CC=C)C(=O)[O-])c1. The van der Waals surface area contributed by atoms with Crippen LogP contribution in [0.2, 0.25) is 0 Å². The second-order valence-corrected chi connectivity index (χ2v) is 5.55. The number of thiocarbonyl (C=S) groups is 1. The van der Waals surface area contributed by atoms with E-state index in [1.54, 1.807) is 36.4 Å². The van der Waals surface area contributed by atoms with Gasteiger partial charge in [-0.2, -0.15) is 0 Å². The van der Waals surface area contributed by atoms with E-state index in [1.807, 2.05) is 0 Å². The van der Waals surface area contributed by atoms with Crippen molar-refractivity contribution in [2.75, 3.05) is 23.7 Å². The van der Waals surface area contributed by atoms with E-state index in [4.69, 9.17) is 12.2 Å². The number of nitrogens with one attached hydrogen (secondary N) is 3. The van der Waals surface area contributed by atoms with Gasteiger partial charge in [0.1, 0.15) is 6.04 Å². The summed E-state index contributed by atoms with van der Waals surface area (Å²) in [6.45, 7) is 8.03. The number of hydrogen-bond acceptors (Lipinski definition) is 4. The second kappa shape index (κ2) is 11.0. The van der Waals surface area contributed by atoms with Gasteiger partial charge in [-0.1, -0.05) is 18.7 Å². The summed E-state index contributed by atoms with van der Waals surface area (Å²) in [7, 11) is 0. The van der Waals surface area contributed by atoms with Crippen molar-refractivity contribution in [3.63, 3.8) is 0 Å². The summed E-state index contributed by atoms with van der Waals surface area (Å²) in [5, 5.41) is 21.6. The van der Waals surface area contributed by atoms with E-state index in [-0.39, 0.29) is 6.42 Å². The number of anilines is 2. The van der Waals surface area contributed by atoms with Gasteiger partial charge in [-0.15, -0.1) is 6.58 Å². The smallest absolute Gasteiger partial charge is 0.230 e. The molecular formula is C17H22N4O3S. The maximum Gasteiger partial charge on any atom is 0.230 e. The molecule has 1 rings (SSSR count). The van der Waals surface area contributed by atoms with Gasteiger partial charge in [0.25, 0.3) is 0 Å². The summed E-state index contributed by atoms with van der Waals surface area (Å²) >= 11 is 5.12. The summed E-state index contributed by atoms with van der Waals surface area (Å²) in [6, 6.07) is 5.97. The number of carboxylic acids is 1. The Hall–Kier alpha value is -2.71. The van der Waals surface area contributed by atoms with Crippen molar-refractivity contribution >= 4 is 40.6 Å². The maximum absolute atomic E-state index is 12.0. The number of nitrogens with two attached hydrogens (primary N) is 1. The van der Waals surface area contributed by atoms with Crippen molar-refractivity contribution in [1.82, 2.24) is 5.32 Å². The molecule has 0 aliphatic heterocycles. The van der Waals surface area contributed by atoms with Crippen LogP contribution in [0.5, 0.6) is 0 Å². The lowest BCUT2D eigenvalue weighted by Crippen LogP contribution is -2.93. The quantitative estimate of drug-likeness (QED) is 0.325. The Morgan fingerprint density at radius 3 is 2.52 bits per heavy atom. The number of carbonyl (C=O) groups excluding carboxylic acids is 2. The van der Waals surface area contributed by atoms with Crippen molar-refractivity contribution in [3.8, 4) is 0 Å². The number of benzene rings is 1. The van der Waals surface area contributed by atoms with Crippen LogP contribution in [0.1, 0.15) is 6.42 Å². The zero-order valence-electron chi connectivity index (χ0n) is 13.8. The largest absolute Gasteiger partial charge is 0.544 e. The van der Waals surface area contributed by atoms with Crippen LogP contribution in [0.3, 0.4) is 0 Å². The van der Waals surface area contributed by atoms with E-state index < -0.39 is 17.9 Å². The Kier molecular flexibility index (Phi) is 8.91. The fourth-order valence-electron chi connectivity index (χ4n) is 1.95. The molecule has 8 heteroatoms. The lowest BCUT2D eigenvalue weighted by molar-refractivity contribution is -0.674. The van der Waals surface area contributed by atoms with E-state index in [2.05, 4.69) is 29.1 Å². The molecule has 134 valence electrons. The molecule has 1 amide bonds. The zero-order valence-corrected chi connectivity index (χ0v) is 14.6. The zero-order chi connectivity index (χ0) is 18.7. The number of hydrogen-bond donors (Lipinski definition) is 4. The summed E-state index contributed by atoms with van der Waals surface area (Å²) in [5.41, 5.74) is 1.22. The third-order valence-corrected chi connectivity index (χ3v) is 3.35. The topological polar surface area (TPSA) is 110 Å². The summed E-state index contributed by atoms with van der Waals surface area (Å²) in [5.74, 6) is -1.70. The molecule has 0 unspecified atom stereocenters. The average Bonchev–Trinajstić information content (AvgIpc) is 2.56. The average molecular weight is 362 g/mol. The van der Waals surface area contributed by atoms with Crippen LogP contribution in [0.25, 0.3) is 0 Å². The van der Waals surface area contributed by atoms with Gasteiger partial charge in [0, 0.05) is 17.9 Å². The van der Waals surface area contributed by atoms with Gasteiger partial charge in [0.15, 0.2) is 5.11 Å². The molecule has 0 heterocycles. The van der Waals surface area contributed by atoms with Crippen molar-refractivity contribution in [2.45, 2.75) is 12.5 Å². The molecule has 0 aromatic heterocycles. The van der Waals surface area contributed by atoms with Crippen LogP contribution >= 0.6 is 12.2 Å². The Balaban J connectivity index is 2.63. The molecule has 0 aliphatic rings. The van der Waals surface area contributed by atoms with Gasteiger partial charge in [0.2, 0.25) is 5.91 Å². The van der Waals surface area contributed by atoms with Crippen molar-refractivity contribution < 1.29 is 20.0 Å². The Bertz CT molecular complexity index is 649. The summed E-state index contributed by atoms with van der Waals surface area (Å²) in [6.07, 6.45) is 3.04. The first-order valence-corrected chi connectivity index (χ1v) is 8.07. The maximum atomic E-state index is 12.0. The minimum Gasteiger partial charge on any atom is -0.544 e. The van der Waals surface area contributed by atoms with Crippen LogP contribution < -0.4 is 26.4 Å². The van der Waals surface area contributed by atoms with Crippen LogP contribution in [-0.2, 0) is 9.59 Å². The van der Waals surface area contributed by atoms with Gasteiger partial charge < -0.3 is 31.2 Å². The van der Waals surface area contributed by atoms with E-state index >= 15 is 0 Å². The number of carboxylic acid groups (broad SMARTS) is 1. The fraction of sp³-hybridized carbons (Fsp3) is 0.235. The van der Waals surface area contributed by atoms with Crippen molar-refractivity contribution in [2.24, 2.45) is 0 Å². The predicted octanol–water partition coefficient (Wildman–Crippen LogP) is -0.644. The number of quaternary nitrogens is 1. The number of carbonyl (C=O) groups is 2. The molecule has 1 aromatic rings. The Morgan fingerprint density at radius 2 is 1.92 bits per heavy atom. The van der Waals surface area contributed by atoms with Crippen LogP contribution in [0.15, 0.2) is 49.6 Å². The second-order valence-electron chi connectivity index (χ2n) is 5.14. The molecule has 0 bridgehead atoms. The highest BCUT2D eigenvalue weighted by molar-refractivity contribution is 7.80. The van der Waals surface area contributed by atoms with Crippen LogP contribution in [0.4, 0.5) is 11.4 Å². The van der Waals surface area contributed by atoms with Crippen LogP contribution in [-0.4, -0.2) is 36.1 Å². The Morgan fingerprint density at radius 1 is 1.24 bits per heavy atom. The molecule has 7 nitrogen and oxygen atoms in total. The lowest BCUT2D eigenvalue weighted by atomic mass is 10.2. The first kappa shape index (κ1) is 20.3. The molecule has 0 aliphatic carbocycles. The standard InChI is InChI=1S/C17H22N4O3S/c1-3-8-18-14(16(23)24)11-15(22)20-12-6-5-7-13(10-12)21-17(25)19-9-4-2/h3-7,10,14,18H,1-2,8-9,11H2,(H,20,22)(H,23,24)(H2,19,21,25)/t14-/m0/s1. The molecular weight excluding hydrogens is 340 g/mol. The molecule has 1 atom stereocenters. The van der Waals surface area contributed by atoms with E-state index in [9.17, 15) is 14.7 Å². The van der Waals surface area contributed by atoms with E-state index in [0.29, 0.717) is 29.6 Å². The minimum absolute atomic E-state index is 0.201. The van der Waals surface area contributed by atoms with Gasteiger partial charge >= 0.3 is 0 Å². The molecule has 1 aromatic carbocycles. The van der Waals surface area contributed by atoms with E-state index in [0.717, 1.165) is 0 Å². The third kappa shape index (κ3) is 8.09. The normalized spacial score (nSPS) is 11.0.